The minimum atomic E-state index is -0.469. The Morgan fingerprint density at radius 2 is 2.19 bits per heavy atom. The molecule has 1 fully saturated rings. The third-order valence-electron chi connectivity index (χ3n) is 3.50. The molecule has 0 aromatic carbocycles. The molecule has 21 heavy (non-hydrogen) atoms. The van der Waals surface area contributed by atoms with E-state index in [4.69, 9.17) is 9.47 Å². The van der Waals surface area contributed by atoms with Crippen LogP contribution < -0.4 is 0 Å². The Morgan fingerprint density at radius 3 is 2.81 bits per heavy atom. The average Bonchev–Trinajstić information content (AvgIpc) is 2.35. The van der Waals surface area contributed by atoms with E-state index in [-0.39, 0.29) is 18.2 Å². The topological polar surface area (TPSA) is 38.8 Å². The van der Waals surface area contributed by atoms with E-state index in [1.54, 1.807) is 0 Å². The highest BCUT2D eigenvalue weighted by molar-refractivity contribution is 5.70. The Kier molecular flexibility index (Phi) is 4.95. The van der Waals surface area contributed by atoms with Crippen LogP contribution in [0.1, 0.15) is 47.0 Å². The van der Waals surface area contributed by atoms with Crippen LogP contribution in [0.3, 0.4) is 0 Å². The van der Waals surface area contributed by atoms with Gasteiger partial charge in [0.05, 0.1) is 25.3 Å². The first kappa shape index (κ1) is 15.9. The lowest BCUT2D eigenvalue weighted by Crippen LogP contribution is -2.57. The van der Waals surface area contributed by atoms with Gasteiger partial charge in [0.2, 0.25) is 0 Å². The zero-order chi connectivity index (χ0) is 15.5. The second kappa shape index (κ2) is 6.53. The summed E-state index contributed by atoms with van der Waals surface area (Å²) >= 11 is 0. The van der Waals surface area contributed by atoms with Crippen molar-refractivity contribution in [2.75, 3.05) is 13.2 Å². The summed E-state index contributed by atoms with van der Waals surface area (Å²) < 4.78 is 11.1. The minimum absolute atomic E-state index is 0.0224. The summed E-state index contributed by atoms with van der Waals surface area (Å²) in [7, 11) is 0. The van der Waals surface area contributed by atoms with Crippen molar-refractivity contribution in [2.24, 2.45) is 0 Å². The molecule has 2 unspecified atom stereocenters. The molecule has 2 aliphatic rings. The van der Waals surface area contributed by atoms with E-state index in [9.17, 15) is 4.79 Å². The van der Waals surface area contributed by atoms with E-state index < -0.39 is 5.60 Å². The lowest BCUT2D eigenvalue weighted by molar-refractivity contribution is -0.0536. The highest BCUT2D eigenvalue weighted by Gasteiger charge is 2.39. The van der Waals surface area contributed by atoms with Gasteiger partial charge in [-0.15, -0.1) is 5.92 Å². The Bertz CT molecular complexity index is 478. The summed E-state index contributed by atoms with van der Waals surface area (Å²) in [5.41, 5.74) is 0.845. The van der Waals surface area contributed by atoms with Gasteiger partial charge in [0.25, 0.3) is 0 Å². The maximum Gasteiger partial charge on any atom is 0.411 e. The van der Waals surface area contributed by atoms with E-state index in [1.165, 1.54) is 5.57 Å². The van der Waals surface area contributed by atoms with Gasteiger partial charge in [-0.1, -0.05) is 24.5 Å². The van der Waals surface area contributed by atoms with Gasteiger partial charge in [0, 0.05) is 12.8 Å². The summed E-state index contributed by atoms with van der Waals surface area (Å²) in [4.78, 5) is 14.2. The van der Waals surface area contributed by atoms with E-state index in [0.717, 1.165) is 19.3 Å². The van der Waals surface area contributed by atoms with Gasteiger partial charge in [0.15, 0.2) is 0 Å². The van der Waals surface area contributed by atoms with E-state index >= 15 is 0 Å². The molecule has 2 bridgehead atoms. The number of hydrogen-bond donors (Lipinski definition) is 0. The van der Waals surface area contributed by atoms with Crippen molar-refractivity contribution in [3.05, 3.63) is 11.6 Å². The fraction of sp³-hybridized carbons (Fsp3) is 0.706. The second-order valence-electron chi connectivity index (χ2n) is 6.56. The van der Waals surface area contributed by atoms with Crippen molar-refractivity contribution < 1.29 is 14.3 Å². The van der Waals surface area contributed by atoms with Gasteiger partial charge >= 0.3 is 6.09 Å². The number of amides is 1. The fourth-order valence-electron chi connectivity index (χ4n) is 2.72. The number of rotatable bonds is 1. The second-order valence-corrected chi connectivity index (χ2v) is 6.56. The first-order valence-corrected chi connectivity index (χ1v) is 7.65. The van der Waals surface area contributed by atoms with Crippen molar-refractivity contribution in [1.82, 2.24) is 4.90 Å². The summed E-state index contributed by atoms with van der Waals surface area (Å²) in [5, 5.41) is 0. The van der Waals surface area contributed by atoms with E-state index in [2.05, 4.69) is 24.8 Å². The predicted molar refractivity (Wildman–Crippen MR) is 81.9 cm³/mol. The molecule has 116 valence electrons. The van der Waals surface area contributed by atoms with E-state index in [0.29, 0.717) is 13.2 Å². The van der Waals surface area contributed by atoms with Crippen LogP contribution in [-0.2, 0) is 9.47 Å². The van der Waals surface area contributed by atoms with E-state index in [1.807, 2.05) is 25.7 Å². The van der Waals surface area contributed by atoms with Crippen molar-refractivity contribution >= 4 is 6.09 Å². The normalized spacial score (nSPS) is 24.8. The Hall–Kier alpha value is -1.47. The van der Waals surface area contributed by atoms with Crippen LogP contribution in [0.15, 0.2) is 11.6 Å². The number of carbonyl (C=O) groups is 1. The van der Waals surface area contributed by atoms with Crippen LogP contribution in [0.5, 0.6) is 0 Å². The number of ether oxygens (including phenoxy) is 2. The summed E-state index contributed by atoms with van der Waals surface area (Å²) in [6, 6.07) is 0.0489. The first-order chi connectivity index (χ1) is 9.90. The molecule has 0 saturated carbocycles. The third kappa shape index (κ3) is 4.25. The van der Waals surface area contributed by atoms with Gasteiger partial charge < -0.3 is 9.47 Å². The minimum Gasteiger partial charge on any atom is -0.444 e. The molecule has 0 aliphatic carbocycles. The molecule has 4 heteroatoms. The highest BCUT2D eigenvalue weighted by Crippen LogP contribution is 2.29. The number of carbonyl (C=O) groups excluding carboxylic acids is 1. The van der Waals surface area contributed by atoms with Gasteiger partial charge in [0.1, 0.15) is 5.60 Å². The van der Waals surface area contributed by atoms with Crippen molar-refractivity contribution in [2.45, 2.75) is 64.6 Å². The molecular formula is C17H25NO3. The molecular weight excluding hydrogens is 266 g/mol. The van der Waals surface area contributed by atoms with Crippen LogP contribution in [0.25, 0.3) is 0 Å². The Morgan fingerprint density at radius 1 is 1.43 bits per heavy atom. The average molecular weight is 291 g/mol. The van der Waals surface area contributed by atoms with Gasteiger partial charge in [-0.3, -0.25) is 4.90 Å². The molecule has 0 N–H and O–H groups in total. The molecule has 2 heterocycles. The molecule has 4 nitrogen and oxygen atoms in total. The maximum atomic E-state index is 12.4. The maximum absolute atomic E-state index is 12.4. The quantitative estimate of drug-likeness (QED) is 0.550. The summed E-state index contributed by atoms with van der Waals surface area (Å²) in [5.74, 6) is 6.28. The molecule has 0 aromatic rings. The molecule has 0 aromatic heterocycles. The largest absolute Gasteiger partial charge is 0.444 e. The third-order valence-corrected chi connectivity index (χ3v) is 3.50. The van der Waals surface area contributed by atoms with Gasteiger partial charge in [-0.2, -0.15) is 0 Å². The van der Waals surface area contributed by atoms with Crippen LogP contribution in [0.2, 0.25) is 0 Å². The summed E-state index contributed by atoms with van der Waals surface area (Å²) in [6.45, 7) is 8.85. The first-order valence-electron chi connectivity index (χ1n) is 7.65. The monoisotopic (exact) mass is 291 g/mol. The zero-order valence-corrected chi connectivity index (χ0v) is 13.4. The van der Waals surface area contributed by atoms with Crippen LogP contribution in [-0.4, -0.2) is 41.9 Å². The van der Waals surface area contributed by atoms with Crippen molar-refractivity contribution in [3.63, 3.8) is 0 Å². The Balaban J connectivity index is 2.10. The highest BCUT2D eigenvalue weighted by atomic mass is 16.6. The molecule has 0 spiro atoms. The number of hydrogen-bond acceptors (Lipinski definition) is 3. The van der Waals surface area contributed by atoms with Gasteiger partial charge in [-0.25, -0.2) is 4.79 Å². The number of nitrogens with zero attached hydrogens (tertiary/aromatic N) is 1. The molecule has 0 radical (unpaired) electrons. The van der Waals surface area contributed by atoms with Crippen molar-refractivity contribution in [3.8, 4) is 11.8 Å². The lowest BCUT2D eigenvalue weighted by atomic mass is 9.93. The van der Waals surface area contributed by atoms with Crippen molar-refractivity contribution in [1.29, 1.82) is 0 Å². The molecule has 2 aliphatic heterocycles. The Labute approximate surface area is 127 Å². The molecule has 2 atom stereocenters. The van der Waals surface area contributed by atoms with Crippen LogP contribution >= 0.6 is 0 Å². The fourth-order valence-corrected chi connectivity index (χ4v) is 2.72. The number of morpholine rings is 1. The lowest BCUT2D eigenvalue weighted by Gasteiger charge is -2.44. The van der Waals surface area contributed by atoms with Crippen LogP contribution in [0, 0.1) is 11.8 Å². The predicted octanol–water partition coefficient (Wildman–Crippen LogP) is 3.12. The summed E-state index contributed by atoms with van der Waals surface area (Å²) in [6.07, 6.45) is 4.39. The molecule has 1 saturated heterocycles. The zero-order valence-electron chi connectivity index (χ0n) is 13.4. The molecule has 2 rings (SSSR count). The smallest absolute Gasteiger partial charge is 0.411 e. The van der Waals surface area contributed by atoms with Gasteiger partial charge in [-0.05, 0) is 27.2 Å². The van der Waals surface area contributed by atoms with Crippen LogP contribution in [0.4, 0.5) is 4.79 Å². The standard InChI is InChI=1S/C17H25NO3/c1-5-6-7-8-13-9-14-11-20-12-15(10-13)18(14)16(19)21-17(2,3)4/h9,14-15H,5,8,10-12H2,1-4H3. The SMILES string of the molecule is CCC#CCC1=CC2COCC(C1)N2C(=O)OC(C)(C)C. The molecule has 1 amide bonds. The number of fused-ring (bicyclic) bond motifs is 2.